The lowest BCUT2D eigenvalue weighted by molar-refractivity contribution is 1.14. The molecular formula is C16H15NS. The third kappa shape index (κ3) is 1.93. The number of thiazole rings is 1. The summed E-state index contributed by atoms with van der Waals surface area (Å²) in [4.78, 5) is 4.76. The van der Waals surface area contributed by atoms with E-state index in [-0.39, 0.29) is 0 Å². The fourth-order valence-electron chi connectivity index (χ4n) is 2.09. The van der Waals surface area contributed by atoms with Gasteiger partial charge in [0.05, 0.1) is 10.2 Å². The molecule has 0 saturated carbocycles. The van der Waals surface area contributed by atoms with Crippen molar-refractivity contribution in [3.63, 3.8) is 0 Å². The van der Waals surface area contributed by atoms with Crippen molar-refractivity contribution in [1.82, 2.24) is 4.98 Å². The second-order valence-corrected chi connectivity index (χ2v) is 5.52. The van der Waals surface area contributed by atoms with Gasteiger partial charge < -0.3 is 0 Å². The van der Waals surface area contributed by atoms with Gasteiger partial charge in [-0.3, -0.25) is 0 Å². The van der Waals surface area contributed by atoms with Crippen LogP contribution in [-0.4, -0.2) is 4.98 Å². The van der Waals surface area contributed by atoms with Crippen LogP contribution in [-0.2, 0) is 6.42 Å². The summed E-state index contributed by atoms with van der Waals surface area (Å²) in [5.41, 5.74) is 4.97. The molecule has 0 radical (unpaired) electrons. The summed E-state index contributed by atoms with van der Waals surface area (Å²) in [5.74, 6) is 0. The molecule has 0 aliphatic carbocycles. The number of para-hydroxylation sites is 1. The zero-order valence-corrected chi connectivity index (χ0v) is 11.4. The molecule has 0 bridgehead atoms. The molecule has 90 valence electrons. The van der Waals surface area contributed by atoms with Crippen LogP contribution < -0.4 is 0 Å². The van der Waals surface area contributed by atoms with Gasteiger partial charge in [-0.1, -0.05) is 43.3 Å². The number of hydrogen-bond donors (Lipinski definition) is 0. The lowest BCUT2D eigenvalue weighted by Gasteiger charge is -1.98. The Bertz CT molecular complexity index is 680. The first kappa shape index (κ1) is 11.4. The fourth-order valence-corrected chi connectivity index (χ4v) is 3.14. The monoisotopic (exact) mass is 253 g/mol. The van der Waals surface area contributed by atoms with E-state index in [2.05, 4.69) is 56.3 Å². The van der Waals surface area contributed by atoms with Crippen molar-refractivity contribution in [3.8, 4) is 10.6 Å². The van der Waals surface area contributed by atoms with Gasteiger partial charge in [-0.05, 0) is 30.5 Å². The van der Waals surface area contributed by atoms with Crippen LogP contribution in [0.15, 0.2) is 42.5 Å². The van der Waals surface area contributed by atoms with E-state index < -0.39 is 0 Å². The van der Waals surface area contributed by atoms with Gasteiger partial charge in [0.2, 0.25) is 0 Å². The van der Waals surface area contributed by atoms with E-state index in [1.54, 1.807) is 11.3 Å². The van der Waals surface area contributed by atoms with E-state index in [0.29, 0.717) is 0 Å². The third-order valence-corrected chi connectivity index (χ3v) is 4.30. The summed E-state index contributed by atoms with van der Waals surface area (Å²) >= 11 is 1.77. The number of aromatic nitrogens is 1. The zero-order valence-electron chi connectivity index (χ0n) is 10.6. The quantitative estimate of drug-likeness (QED) is 0.637. The van der Waals surface area contributed by atoms with Crippen molar-refractivity contribution >= 4 is 21.6 Å². The molecule has 2 heteroatoms. The molecule has 0 N–H and O–H groups in total. The maximum absolute atomic E-state index is 4.76. The van der Waals surface area contributed by atoms with Crippen LogP contribution in [0.1, 0.15) is 18.1 Å². The largest absolute Gasteiger partial charge is 0.236 e. The van der Waals surface area contributed by atoms with Crippen LogP contribution in [0.4, 0.5) is 0 Å². The highest BCUT2D eigenvalue weighted by molar-refractivity contribution is 7.21. The highest BCUT2D eigenvalue weighted by Gasteiger charge is 2.07. The minimum Gasteiger partial charge on any atom is -0.236 e. The highest BCUT2D eigenvalue weighted by Crippen LogP contribution is 2.31. The molecule has 1 aromatic heterocycles. The topological polar surface area (TPSA) is 12.9 Å². The van der Waals surface area contributed by atoms with Crippen LogP contribution in [0.2, 0.25) is 0 Å². The number of nitrogens with zero attached hydrogens (tertiary/aromatic N) is 1. The molecule has 0 aliphatic rings. The Labute approximate surface area is 111 Å². The van der Waals surface area contributed by atoms with Gasteiger partial charge in [-0.25, -0.2) is 4.98 Å². The summed E-state index contributed by atoms with van der Waals surface area (Å²) in [7, 11) is 0. The van der Waals surface area contributed by atoms with Crippen LogP contribution in [0.25, 0.3) is 20.8 Å². The number of hydrogen-bond acceptors (Lipinski definition) is 2. The van der Waals surface area contributed by atoms with Crippen molar-refractivity contribution in [2.24, 2.45) is 0 Å². The van der Waals surface area contributed by atoms with Gasteiger partial charge in [-0.15, -0.1) is 11.3 Å². The van der Waals surface area contributed by atoms with Crippen molar-refractivity contribution in [2.75, 3.05) is 0 Å². The minimum atomic E-state index is 1.08. The maximum Gasteiger partial charge on any atom is 0.124 e. The van der Waals surface area contributed by atoms with E-state index in [4.69, 9.17) is 4.98 Å². The first-order valence-electron chi connectivity index (χ1n) is 6.23. The fraction of sp³-hybridized carbons (Fsp3) is 0.188. The Morgan fingerprint density at radius 1 is 1.06 bits per heavy atom. The maximum atomic E-state index is 4.76. The Morgan fingerprint density at radius 3 is 2.50 bits per heavy atom. The second kappa shape index (κ2) is 4.54. The molecule has 18 heavy (non-hydrogen) atoms. The van der Waals surface area contributed by atoms with Gasteiger partial charge in [-0.2, -0.15) is 0 Å². The summed E-state index contributed by atoms with van der Waals surface area (Å²) in [6.07, 6.45) is 1.08. The predicted molar refractivity (Wildman–Crippen MR) is 79.2 cm³/mol. The molecule has 0 spiro atoms. The molecule has 3 aromatic rings. The minimum absolute atomic E-state index is 1.08. The Morgan fingerprint density at radius 2 is 1.83 bits per heavy atom. The predicted octanol–water partition coefficient (Wildman–Crippen LogP) is 4.83. The van der Waals surface area contributed by atoms with Gasteiger partial charge in [0.25, 0.3) is 0 Å². The summed E-state index contributed by atoms with van der Waals surface area (Å²) in [6, 6.07) is 15.1. The van der Waals surface area contributed by atoms with Gasteiger partial charge >= 0.3 is 0 Å². The summed E-state index contributed by atoms with van der Waals surface area (Å²) < 4.78 is 1.27. The van der Waals surface area contributed by atoms with E-state index in [0.717, 1.165) is 16.9 Å². The number of fused-ring (bicyclic) bond motifs is 1. The molecular weight excluding hydrogens is 238 g/mol. The number of benzene rings is 2. The first-order chi connectivity index (χ1) is 8.78. The third-order valence-electron chi connectivity index (χ3n) is 3.23. The van der Waals surface area contributed by atoms with E-state index in [9.17, 15) is 0 Å². The lowest BCUT2D eigenvalue weighted by atomic mass is 10.1. The van der Waals surface area contributed by atoms with Crippen molar-refractivity contribution in [2.45, 2.75) is 20.3 Å². The zero-order chi connectivity index (χ0) is 12.5. The van der Waals surface area contributed by atoms with Crippen LogP contribution in [0.3, 0.4) is 0 Å². The van der Waals surface area contributed by atoms with Crippen LogP contribution in [0, 0.1) is 6.92 Å². The van der Waals surface area contributed by atoms with Gasteiger partial charge in [0.1, 0.15) is 5.01 Å². The molecule has 0 saturated heterocycles. The molecule has 1 heterocycles. The highest BCUT2D eigenvalue weighted by atomic mass is 32.1. The first-order valence-corrected chi connectivity index (χ1v) is 7.05. The van der Waals surface area contributed by atoms with Crippen LogP contribution in [0.5, 0.6) is 0 Å². The number of rotatable bonds is 2. The lowest BCUT2D eigenvalue weighted by Crippen LogP contribution is -1.81. The van der Waals surface area contributed by atoms with Gasteiger partial charge in [0.15, 0.2) is 0 Å². The molecule has 0 unspecified atom stereocenters. The summed E-state index contributed by atoms with van der Waals surface area (Å²) in [6.45, 7) is 4.29. The Kier molecular flexibility index (Phi) is 2.88. The summed E-state index contributed by atoms with van der Waals surface area (Å²) in [5, 5.41) is 1.11. The molecule has 3 rings (SSSR count). The Balaban J connectivity index is 2.10. The van der Waals surface area contributed by atoms with E-state index in [1.165, 1.54) is 21.4 Å². The average molecular weight is 253 g/mol. The molecule has 2 aromatic carbocycles. The second-order valence-electron chi connectivity index (χ2n) is 4.49. The molecule has 0 amide bonds. The standard InChI is InChI=1S/C16H15NS/c1-3-12-7-9-13(10-8-12)16-17-15-11(2)5-4-6-14(15)18-16/h4-10H,3H2,1-2H3. The molecule has 0 atom stereocenters. The smallest absolute Gasteiger partial charge is 0.124 e. The molecule has 1 nitrogen and oxygen atoms in total. The molecule has 0 fully saturated rings. The van der Waals surface area contributed by atoms with Gasteiger partial charge in [0, 0.05) is 5.56 Å². The molecule has 0 aliphatic heterocycles. The van der Waals surface area contributed by atoms with E-state index >= 15 is 0 Å². The van der Waals surface area contributed by atoms with E-state index in [1.807, 2.05) is 0 Å². The van der Waals surface area contributed by atoms with Crippen molar-refractivity contribution < 1.29 is 0 Å². The number of aryl methyl sites for hydroxylation is 2. The van der Waals surface area contributed by atoms with Crippen molar-refractivity contribution in [3.05, 3.63) is 53.6 Å². The normalized spacial score (nSPS) is 11.0. The average Bonchev–Trinajstić information content (AvgIpc) is 2.84. The Hall–Kier alpha value is -1.67. The van der Waals surface area contributed by atoms with Crippen LogP contribution >= 0.6 is 11.3 Å². The SMILES string of the molecule is CCc1ccc(-c2nc3c(C)cccc3s2)cc1. The van der Waals surface area contributed by atoms with Crippen molar-refractivity contribution in [1.29, 1.82) is 0 Å².